The number of benzene rings is 1. The standard InChI is InChI=1S/C20H19ClN2O6/c1-28-14-5-4-12(21)7-13(14)22-15(24)9-29-16(25)8-23-19(26)17-10-2-3-11(6-10)18(17)20(23)27/h2-5,7,10-11,17-18H,6,8-9H2,1H3,(H,22,24)/t10-,11+,17-,18+. The van der Waals surface area contributed by atoms with E-state index in [2.05, 4.69) is 5.32 Å². The number of amides is 3. The summed E-state index contributed by atoms with van der Waals surface area (Å²) in [6.45, 7) is -1.05. The molecule has 4 atom stereocenters. The van der Waals surface area contributed by atoms with E-state index >= 15 is 0 Å². The molecule has 0 spiro atoms. The first-order chi connectivity index (χ1) is 13.9. The first-order valence-corrected chi connectivity index (χ1v) is 9.59. The number of nitrogens with one attached hydrogen (secondary N) is 1. The van der Waals surface area contributed by atoms with Crippen LogP contribution in [0.4, 0.5) is 5.69 Å². The van der Waals surface area contributed by atoms with E-state index in [0.29, 0.717) is 16.5 Å². The van der Waals surface area contributed by atoms with Gasteiger partial charge in [-0.15, -0.1) is 0 Å². The Bertz CT molecular complexity index is 900. The van der Waals surface area contributed by atoms with Gasteiger partial charge < -0.3 is 14.8 Å². The highest BCUT2D eigenvalue weighted by Gasteiger charge is 2.59. The number of hydrogen-bond acceptors (Lipinski definition) is 6. The van der Waals surface area contributed by atoms with E-state index in [1.807, 2.05) is 12.2 Å². The van der Waals surface area contributed by atoms with Gasteiger partial charge >= 0.3 is 5.97 Å². The summed E-state index contributed by atoms with van der Waals surface area (Å²) in [6, 6.07) is 4.70. The van der Waals surface area contributed by atoms with Gasteiger partial charge in [-0.3, -0.25) is 24.1 Å². The van der Waals surface area contributed by atoms with Crippen LogP contribution < -0.4 is 10.1 Å². The minimum absolute atomic E-state index is 0.0703. The number of esters is 1. The van der Waals surface area contributed by atoms with E-state index in [9.17, 15) is 19.2 Å². The Kier molecular flexibility index (Phi) is 5.04. The van der Waals surface area contributed by atoms with Crippen molar-refractivity contribution in [3.8, 4) is 5.75 Å². The Morgan fingerprint density at radius 2 is 1.83 bits per heavy atom. The molecule has 2 aliphatic carbocycles. The third-order valence-corrected chi connectivity index (χ3v) is 5.88. The maximum absolute atomic E-state index is 12.6. The highest BCUT2D eigenvalue weighted by molar-refractivity contribution is 6.31. The fourth-order valence-electron chi connectivity index (χ4n) is 4.40. The van der Waals surface area contributed by atoms with E-state index in [1.165, 1.54) is 13.2 Å². The topological polar surface area (TPSA) is 102 Å². The van der Waals surface area contributed by atoms with Gasteiger partial charge in [-0.1, -0.05) is 23.8 Å². The average molecular weight is 419 g/mol. The first kappa shape index (κ1) is 19.4. The van der Waals surface area contributed by atoms with Crippen LogP contribution in [0.1, 0.15) is 6.42 Å². The molecule has 1 N–H and O–H groups in total. The number of carbonyl (C=O) groups excluding carboxylic acids is 4. The number of rotatable bonds is 6. The van der Waals surface area contributed by atoms with Crippen LogP contribution in [0.5, 0.6) is 5.75 Å². The van der Waals surface area contributed by atoms with Crippen molar-refractivity contribution in [2.75, 3.05) is 25.6 Å². The Morgan fingerprint density at radius 1 is 1.17 bits per heavy atom. The number of methoxy groups -OCH3 is 1. The number of ether oxygens (including phenoxy) is 2. The molecule has 3 amide bonds. The van der Waals surface area contributed by atoms with Crippen molar-refractivity contribution >= 4 is 41.0 Å². The number of hydrogen-bond donors (Lipinski definition) is 1. The van der Waals surface area contributed by atoms with Crippen molar-refractivity contribution in [3.63, 3.8) is 0 Å². The monoisotopic (exact) mass is 418 g/mol. The number of fused-ring (bicyclic) bond motifs is 5. The molecule has 1 saturated heterocycles. The molecule has 29 heavy (non-hydrogen) atoms. The number of nitrogens with zero attached hydrogens (tertiary/aromatic N) is 1. The molecule has 0 unspecified atom stereocenters. The van der Waals surface area contributed by atoms with E-state index in [1.54, 1.807) is 12.1 Å². The van der Waals surface area contributed by atoms with Gasteiger partial charge in [0.15, 0.2) is 6.61 Å². The summed E-state index contributed by atoms with van der Waals surface area (Å²) in [5.74, 6) is -2.28. The third-order valence-electron chi connectivity index (χ3n) is 5.65. The molecule has 152 valence electrons. The number of carbonyl (C=O) groups is 4. The highest BCUT2D eigenvalue weighted by Crippen LogP contribution is 2.52. The molecule has 1 saturated carbocycles. The van der Waals surface area contributed by atoms with Gasteiger partial charge in [0.1, 0.15) is 12.3 Å². The molecule has 0 radical (unpaired) electrons. The van der Waals surface area contributed by atoms with Gasteiger partial charge in [-0.25, -0.2) is 0 Å². The van der Waals surface area contributed by atoms with E-state index in [-0.39, 0.29) is 35.5 Å². The van der Waals surface area contributed by atoms with Crippen molar-refractivity contribution in [1.82, 2.24) is 4.90 Å². The molecule has 2 fully saturated rings. The zero-order chi connectivity index (χ0) is 20.7. The zero-order valence-electron chi connectivity index (χ0n) is 15.6. The molecule has 1 aromatic carbocycles. The molecule has 3 aliphatic rings. The van der Waals surface area contributed by atoms with Crippen molar-refractivity contribution < 1.29 is 28.7 Å². The van der Waals surface area contributed by atoms with E-state index < -0.39 is 25.0 Å². The number of halogens is 1. The summed E-state index contributed by atoms with van der Waals surface area (Å²) in [4.78, 5) is 50.3. The second-order valence-corrected chi connectivity index (χ2v) is 7.75. The van der Waals surface area contributed by atoms with Crippen LogP contribution >= 0.6 is 11.6 Å². The second kappa shape index (κ2) is 7.51. The van der Waals surface area contributed by atoms with Crippen molar-refractivity contribution in [2.45, 2.75) is 6.42 Å². The predicted molar refractivity (Wildman–Crippen MR) is 102 cm³/mol. The Balaban J connectivity index is 1.31. The van der Waals surface area contributed by atoms with Crippen LogP contribution in [-0.2, 0) is 23.9 Å². The van der Waals surface area contributed by atoms with Crippen LogP contribution in [0.15, 0.2) is 30.4 Å². The lowest BCUT2D eigenvalue weighted by Crippen LogP contribution is -2.38. The molecule has 1 heterocycles. The minimum atomic E-state index is -0.819. The zero-order valence-corrected chi connectivity index (χ0v) is 16.3. The lowest BCUT2D eigenvalue weighted by atomic mass is 9.85. The van der Waals surface area contributed by atoms with E-state index in [4.69, 9.17) is 21.1 Å². The molecule has 4 rings (SSSR count). The number of allylic oxidation sites excluding steroid dienone is 2. The number of imide groups is 1. The van der Waals surface area contributed by atoms with Crippen LogP contribution in [-0.4, -0.2) is 48.9 Å². The quantitative estimate of drug-likeness (QED) is 0.428. The average Bonchev–Trinajstić information content (AvgIpc) is 3.37. The lowest BCUT2D eigenvalue weighted by Gasteiger charge is -2.16. The second-order valence-electron chi connectivity index (χ2n) is 7.32. The Labute approximate surface area is 171 Å². The minimum Gasteiger partial charge on any atom is -0.495 e. The Hall–Kier alpha value is -2.87. The van der Waals surface area contributed by atoms with Gasteiger partial charge in [0, 0.05) is 5.02 Å². The summed E-state index contributed by atoms with van der Waals surface area (Å²) in [6.07, 6.45) is 4.78. The fraction of sp³-hybridized carbons (Fsp3) is 0.400. The summed E-state index contributed by atoms with van der Waals surface area (Å²) in [5, 5.41) is 2.94. The molecular formula is C20H19ClN2O6. The van der Waals surface area contributed by atoms with Crippen molar-refractivity contribution in [3.05, 3.63) is 35.4 Å². The predicted octanol–water partition coefficient (Wildman–Crippen LogP) is 1.64. The van der Waals surface area contributed by atoms with E-state index in [0.717, 1.165) is 11.3 Å². The normalized spacial score (nSPS) is 26.6. The van der Waals surface area contributed by atoms with Crippen molar-refractivity contribution in [2.24, 2.45) is 23.7 Å². The summed E-state index contributed by atoms with van der Waals surface area (Å²) in [5.41, 5.74) is 0.335. The fourth-order valence-corrected chi connectivity index (χ4v) is 4.58. The molecule has 9 heteroatoms. The van der Waals surface area contributed by atoms with Gasteiger partial charge in [-0.2, -0.15) is 0 Å². The number of anilines is 1. The van der Waals surface area contributed by atoms with Gasteiger partial charge in [-0.05, 0) is 36.5 Å². The van der Waals surface area contributed by atoms with Gasteiger partial charge in [0.05, 0.1) is 24.6 Å². The third kappa shape index (κ3) is 3.48. The molecule has 1 aromatic rings. The summed E-state index contributed by atoms with van der Waals surface area (Å²) < 4.78 is 10.1. The molecular weight excluding hydrogens is 400 g/mol. The SMILES string of the molecule is COc1ccc(Cl)cc1NC(=O)COC(=O)CN1C(=O)[C@@H]2[C@H](C1=O)[C@@H]1C=C[C@H]2C1. The summed E-state index contributed by atoms with van der Waals surface area (Å²) in [7, 11) is 1.44. The highest BCUT2D eigenvalue weighted by atomic mass is 35.5. The Morgan fingerprint density at radius 3 is 2.45 bits per heavy atom. The maximum Gasteiger partial charge on any atom is 0.326 e. The largest absolute Gasteiger partial charge is 0.495 e. The molecule has 8 nitrogen and oxygen atoms in total. The van der Waals surface area contributed by atoms with Crippen LogP contribution in [0, 0.1) is 23.7 Å². The van der Waals surface area contributed by atoms with Crippen molar-refractivity contribution in [1.29, 1.82) is 0 Å². The molecule has 0 aromatic heterocycles. The van der Waals surface area contributed by atoms with Crippen LogP contribution in [0.3, 0.4) is 0 Å². The smallest absolute Gasteiger partial charge is 0.326 e. The van der Waals surface area contributed by atoms with Crippen LogP contribution in [0.2, 0.25) is 5.02 Å². The van der Waals surface area contributed by atoms with Crippen LogP contribution in [0.25, 0.3) is 0 Å². The molecule has 2 bridgehead atoms. The first-order valence-electron chi connectivity index (χ1n) is 9.21. The van der Waals surface area contributed by atoms with Gasteiger partial charge in [0.2, 0.25) is 11.8 Å². The summed E-state index contributed by atoms with van der Waals surface area (Å²) >= 11 is 5.91. The maximum atomic E-state index is 12.6. The lowest BCUT2D eigenvalue weighted by molar-refractivity contribution is -0.154. The molecule has 1 aliphatic heterocycles. The number of likely N-dealkylation sites (tertiary alicyclic amines) is 1. The van der Waals surface area contributed by atoms with Gasteiger partial charge in [0.25, 0.3) is 5.91 Å².